The molecule has 0 aliphatic heterocycles. The molecule has 1 heterocycles. The molecule has 0 unspecified atom stereocenters. The van der Waals surface area contributed by atoms with E-state index in [0.29, 0.717) is 11.7 Å². The minimum Gasteiger partial charge on any atom is -0.378 e. The van der Waals surface area contributed by atoms with E-state index in [1.165, 1.54) is 0 Å². The average molecular weight is 281 g/mol. The number of nitrogens with one attached hydrogen (secondary N) is 1. The molecule has 1 aromatic carbocycles. The van der Waals surface area contributed by atoms with E-state index >= 15 is 0 Å². The molecular weight excluding hydrogens is 267 g/mol. The van der Waals surface area contributed by atoms with E-state index in [1.807, 2.05) is 38.1 Å². The normalized spacial score (nSPS) is 10.4. The van der Waals surface area contributed by atoms with Gasteiger partial charge in [0.2, 0.25) is 0 Å². The van der Waals surface area contributed by atoms with Gasteiger partial charge in [-0.25, -0.2) is 4.98 Å². The number of hydrogen-bond donors (Lipinski definition) is 1. The van der Waals surface area contributed by atoms with Crippen molar-refractivity contribution in [3.8, 4) is 0 Å². The quantitative estimate of drug-likeness (QED) is 0.830. The minimum absolute atomic E-state index is 0.494. The zero-order chi connectivity index (χ0) is 13.1. The predicted octanol–water partition coefficient (Wildman–Crippen LogP) is 4.62. The summed E-state index contributed by atoms with van der Waals surface area (Å²) in [4.78, 5) is 4.06. The maximum absolute atomic E-state index is 6.09. The van der Waals surface area contributed by atoms with E-state index in [1.54, 1.807) is 6.20 Å². The molecular formula is C14H14Cl2N2. The summed E-state index contributed by atoms with van der Waals surface area (Å²) >= 11 is 12.1. The lowest BCUT2D eigenvalue weighted by Crippen LogP contribution is -2.02. The number of aryl methyl sites for hydroxylation is 2. The van der Waals surface area contributed by atoms with Crippen molar-refractivity contribution in [1.82, 2.24) is 4.98 Å². The van der Waals surface area contributed by atoms with Crippen LogP contribution in [0.25, 0.3) is 0 Å². The van der Waals surface area contributed by atoms with Gasteiger partial charge in [0.25, 0.3) is 0 Å². The lowest BCUT2D eigenvalue weighted by molar-refractivity contribution is 1.12. The second kappa shape index (κ2) is 5.59. The Hall–Kier alpha value is -1.25. The van der Waals surface area contributed by atoms with Crippen LogP contribution in [0.5, 0.6) is 0 Å². The smallest absolute Gasteiger partial charge is 0.152 e. The Morgan fingerprint density at radius 1 is 1.11 bits per heavy atom. The molecule has 0 saturated heterocycles. The lowest BCUT2D eigenvalue weighted by Gasteiger charge is -2.11. The maximum Gasteiger partial charge on any atom is 0.152 e. The van der Waals surface area contributed by atoms with Crippen molar-refractivity contribution in [2.45, 2.75) is 20.4 Å². The van der Waals surface area contributed by atoms with Gasteiger partial charge >= 0.3 is 0 Å². The number of rotatable bonds is 3. The monoisotopic (exact) mass is 280 g/mol. The topological polar surface area (TPSA) is 24.9 Å². The van der Waals surface area contributed by atoms with Crippen LogP contribution in [0.15, 0.2) is 30.5 Å². The van der Waals surface area contributed by atoms with Gasteiger partial charge in [-0.2, -0.15) is 0 Å². The molecule has 0 fully saturated rings. The van der Waals surface area contributed by atoms with Gasteiger partial charge in [0.1, 0.15) is 0 Å². The van der Waals surface area contributed by atoms with Gasteiger partial charge in [-0.15, -0.1) is 0 Å². The molecule has 0 bridgehead atoms. The van der Waals surface area contributed by atoms with E-state index < -0.39 is 0 Å². The second-order valence-corrected chi connectivity index (χ2v) is 5.00. The van der Waals surface area contributed by atoms with E-state index in [9.17, 15) is 0 Å². The Kier molecular flexibility index (Phi) is 4.10. The first kappa shape index (κ1) is 13.2. The van der Waals surface area contributed by atoms with E-state index in [2.05, 4.69) is 10.3 Å². The van der Waals surface area contributed by atoms with Crippen molar-refractivity contribution in [3.63, 3.8) is 0 Å². The van der Waals surface area contributed by atoms with Crippen LogP contribution in [0.2, 0.25) is 10.2 Å². The summed E-state index contributed by atoms with van der Waals surface area (Å²) in [6.45, 7) is 4.66. The molecule has 4 heteroatoms. The largest absolute Gasteiger partial charge is 0.378 e. The fourth-order valence-corrected chi connectivity index (χ4v) is 2.15. The van der Waals surface area contributed by atoms with Gasteiger partial charge in [-0.3, -0.25) is 0 Å². The lowest BCUT2D eigenvalue weighted by atomic mass is 10.1. The third-order valence-electron chi connectivity index (χ3n) is 2.82. The number of benzene rings is 1. The molecule has 94 valence electrons. The zero-order valence-corrected chi connectivity index (χ0v) is 11.8. The number of pyridine rings is 1. The first-order chi connectivity index (χ1) is 8.58. The van der Waals surface area contributed by atoms with Crippen molar-refractivity contribution in [1.29, 1.82) is 0 Å². The van der Waals surface area contributed by atoms with Crippen LogP contribution >= 0.6 is 23.2 Å². The van der Waals surface area contributed by atoms with E-state index in [-0.39, 0.29) is 0 Å². The Balaban J connectivity index is 2.14. The van der Waals surface area contributed by atoms with Crippen molar-refractivity contribution in [2.75, 3.05) is 5.32 Å². The minimum atomic E-state index is 0.494. The van der Waals surface area contributed by atoms with Crippen LogP contribution in [0.1, 0.15) is 16.7 Å². The number of halogens is 2. The molecule has 0 spiro atoms. The average Bonchev–Trinajstić information content (AvgIpc) is 2.33. The third-order valence-corrected chi connectivity index (χ3v) is 3.51. The van der Waals surface area contributed by atoms with Crippen LogP contribution in [-0.4, -0.2) is 4.98 Å². The standard InChI is InChI=1S/C14H14Cl2N2/c1-9-3-4-11(7-12(9)15)8-18-13-10(2)5-6-17-14(13)16/h3-7,18H,8H2,1-2H3. The number of nitrogens with zero attached hydrogens (tertiary/aromatic N) is 1. The van der Waals surface area contributed by atoms with Crippen LogP contribution in [0.4, 0.5) is 5.69 Å². The highest BCUT2D eigenvalue weighted by molar-refractivity contribution is 6.32. The Bertz CT molecular complexity index is 547. The summed E-state index contributed by atoms with van der Waals surface area (Å²) in [5, 5.41) is 4.57. The van der Waals surface area contributed by atoms with Crippen molar-refractivity contribution in [2.24, 2.45) is 0 Å². The highest BCUT2D eigenvalue weighted by Gasteiger charge is 2.05. The van der Waals surface area contributed by atoms with Crippen LogP contribution in [0.3, 0.4) is 0 Å². The van der Waals surface area contributed by atoms with Gasteiger partial charge in [-0.1, -0.05) is 35.3 Å². The molecule has 1 aromatic heterocycles. The molecule has 0 atom stereocenters. The summed E-state index contributed by atoms with van der Waals surface area (Å²) in [5.74, 6) is 0. The van der Waals surface area contributed by atoms with Crippen molar-refractivity contribution >= 4 is 28.9 Å². The molecule has 0 aliphatic carbocycles. The fraction of sp³-hybridized carbons (Fsp3) is 0.214. The van der Waals surface area contributed by atoms with Gasteiger partial charge in [0.05, 0.1) is 5.69 Å². The number of hydrogen-bond acceptors (Lipinski definition) is 2. The summed E-state index contributed by atoms with van der Waals surface area (Å²) in [6, 6.07) is 7.95. The van der Waals surface area contributed by atoms with Crippen LogP contribution in [-0.2, 0) is 6.54 Å². The Labute approximate surface area is 117 Å². The van der Waals surface area contributed by atoms with Gasteiger partial charge in [-0.05, 0) is 42.7 Å². The zero-order valence-electron chi connectivity index (χ0n) is 10.3. The van der Waals surface area contributed by atoms with Gasteiger partial charge in [0.15, 0.2) is 5.15 Å². The molecule has 2 aromatic rings. The number of anilines is 1. The first-order valence-corrected chi connectivity index (χ1v) is 6.43. The van der Waals surface area contributed by atoms with Gasteiger partial charge in [0, 0.05) is 17.8 Å². The molecule has 2 rings (SSSR count). The summed E-state index contributed by atoms with van der Waals surface area (Å²) in [6.07, 6.45) is 1.70. The highest BCUT2D eigenvalue weighted by atomic mass is 35.5. The highest BCUT2D eigenvalue weighted by Crippen LogP contribution is 2.24. The third kappa shape index (κ3) is 2.95. The van der Waals surface area contributed by atoms with E-state index in [0.717, 1.165) is 27.4 Å². The molecule has 18 heavy (non-hydrogen) atoms. The first-order valence-electron chi connectivity index (χ1n) is 5.68. The van der Waals surface area contributed by atoms with Crippen LogP contribution < -0.4 is 5.32 Å². The molecule has 2 nitrogen and oxygen atoms in total. The molecule has 0 radical (unpaired) electrons. The van der Waals surface area contributed by atoms with Gasteiger partial charge < -0.3 is 5.32 Å². The molecule has 0 aliphatic rings. The van der Waals surface area contributed by atoms with E-state index in [4.69, 9.17) is 23.2 Å². The Morgan fingerprint density at radius 2 is 1.89 bits per heavy atom. The number of aromatic nitrogens is 1. The second-order valence-electron chi connectivity index (χ2n) is 4.23. The van der Waals surface area contributed by atoms with Crippen LogP contribution in [0, 0.1) is 13.8 Å². The molecule has 0 amide bonds. The summed E-state index contributed by atoms with van der Waals surface area (Å²) < 4.78 is 0. The predicted molar refractivity (Wildman–Crippen MR) is 77.5 cm³/mol. The van der Waals surface area contributed by atoms with Crippen molar-refractivity contribution in [3.05, 3.63) is 57.3 Å². The van der Waals surface area contributed by atoms with Crippen molar-refractivity contribution < 1.29 is 0 Å². The summed E-state index contributed by atoms with van der Waals surface area (Å²) in [7, 11) is 0. The maximum atomic E-state index is 6.09. The summed E-state index contributed by atoms with van der Waals surface area (Å²) in [5.41, 5.74) is 4.14. The Morgan fingerprint density at radius 3 is 2.56 bits per heavy atom. The fourth-order valence-electron chi connectivity index (χ4n) is 1.67. The molecule has 0 saturated carbocycles. The SMILES string of the molecule is Cc1ccc(CNc2c(C)ccnc2Cl)cc1Cl. The molecule has 1 N–H and O–H groups in total.